The van der Waals surface area contributed by atoms with Gasteiger partial charge < -0.3 is 10.2 Å². The van der Waals surface area contributed by atoms with Crippen LogP contribution in [0.3, 0.4) is 0 Å². The second-order valence-electron chi connectivity index (χ2n) is 4.72. The maximum absolute atomic E-state index is 4.65. The Bertz CT molecular complexity index is 393. The Hall–Kier alpha value is -0.840. The van der Waals surface area contributed by atoms with E-state index in [9.17, 15) is 0 Å². The molecule has 1 aliphatic rings. The average Bonchev–Trinajstić information content (AvgIpc) is 3.20. The van der Waals surface area contributed by atoms with E-state index >= 15 is 0 Å². The number of nitrogens with zero attached hydrogens (tertiary/aromatic N) is 3. The largest absolute Gasteiger partial charge is 0.354 e. The molecule has 0 aromatic carbocycles. The summed E-state index contributed by atoms with van der Waals surface area (Å²) in [5, 5.41) is 3.25. The van der Waals surface area contributed by atoms with E-state index < -0.39 is 0 Å². The Morgan fingerprint density at radius 2 is 2.17 bits per heavy atom. The molecule has 0 amide bonds. The van der Waals surface area contributed by atoms with Crippen molar-refractivity contribution in [2.24, 2.45) is 0 Å². The lowest BCUT2D eigenvalue weighted by Crippen LogP contribution is -2.28. The highest BCUT2D eigenvalue weighted by molar-refractivity contribution is 9.10. The van der Waals surface area contributed by atoms with E-state index in [0.717, 1.165) is 42.2 Å². The summed E-state index contributed by atoms with van der Waals surface area (Å²) < 4.78 is 0.991. The number of halogens is 1. The zero-order chi connectivity index (χ0) is 13.0. The summed E-state index contributed by atoms with van der Waals surface area (Å²) in [6, 6.07) is 0.676. The van der Waals surface area contributed by atoms with Crippen molar-refractivity contribution in [2.75, 3.05) is 23.3 Å². The smallest absolute Gasteiger partial charge is 0.224 e. The van der Waals surface area contributed by atoms with Crippen molar-refractivity contribution in [3.63, 3.8) is 0 Å². The molecule has 0 atom stereocenters. The van der Waals surface area contributed by atoms with Gasteiger partial charge in [0.05, 0.1) is 4.47 Å². The van der Waals surface area contributed by atoms with E-state index in [2.05, 4.69) is 50.0 Å². The molecule has 4 nitrogen and oxygen atoms in total. The van der Waals surface area contributed by atoms with Crippen molar-refractivity contribution in [1.82, 2.24) is 9.97 Å². The van der Waals surface area contributed by atoms with Crippen molar-refractivity contribution >= 4 is 27.7 Å². The molecule has 1 saturated carbocycles. The zero-order valence-corrected chi connectivity index (χ0v) is 12.7. The number of nitrogens with one attached hydrogen (secondary N) is 1. The Morgan fingerprint density at radius 1 is 1.39 bits per heavy atom. The topological polar surface area (TPSA) is 41.1 Å². The molecular formula is C13H21BrN4. The van der Waals surface area contributed by atoms with Gasteiger partial charge in [-0.3, -0.25) is 0 Å². The Kier molecular flexibility index (Phi) is 4.80. The molecule has 0 aliphatic heterocycles. The third kappa shape index (κ3) is 3.34. The molecule has 1 aromatic rings. The standard InChI is InChI=1S/C13H21BrN4/c1-3-7-15-13-16-9-11(14)12(17-13)18(8-4-2)10-5-6-10/h9-10H,3-8H2,1-2H3,(H,15,16,17). The number of rotatable bonds is 7. The van der Waals surface area contributed by atoms with Crippen LogP contribution >= 0.6 is 15.9 Å². The summed E-state index contributed by atoms with van der Waals surface area (Å²) in [5.41, 5.74) is 0. The molecule has 0 saturated heterocycles. The number of aromatic nitrogens is 2. The van der Waals surface area contributed by atoms with E-state index in [4.69, 9.17) is 0 Å². The molecule has 5 heteroatoms. The lowest BCUT2D eigenvalue weighted by atomic mass is 10.3. The van der Waals surface area contributed by atoms with Gasteiger partial charge in [-0.2, -0.15) is 4.98 Å². The molecule has 1 heterocycles. The van der Waals surface area contributed by atoms with Crippen LogP contribution in [-0.4, -0.2) is 29.1 Å². The lowest BCUT2D eigenvalue weighted by Gasteiger charge is -2.24. The fraction of sp³-hybridized carbons (Fsp3) is 0.692. The number of hydrogen-bond acceptors (Lipinski definition) is 4. The number of anilines is 2. The van der Waals surface area contributed by atoms with E-state index in [0.29, 0.717) is 6.04 Å². The van der Waals surface area contributed by atoms with Gasteiger partial charge in [-0.25, -0.2) is 4.98 Å². The third-order valence-corrected chi connectivity index (χ3v) is 3.54. The van der Waals surface area contributed by atoms with Gasteiger partial charge in [-0.1, -0.05) is 13.8 Å². The van der Waals surface area contributed by atoms with Crippen LogP contribution in [0, 0.1) is 0 Å². The van der Waals surface area contributed by atoms with Gasteiger partial charge in [0.1, 0.15) is 5.82 Å². The first-order valence-electron chi connectivity index (χ1n) is 6.79. The predicted octanol–water partition coefficient (Wildman–Crippen LogP) is 3.44. The van der Waals surface area contributed by atoms with Crippen LogP contribution in [0.25, 0.3) is 0 Å². The molecule has 1 N–H and O–H groups in total. The van der Waals surface area contributed by atoms with Crippen LogP contribution < -0.4 is 10.2 Å². The second-order valence-corrected chi connectivity index (χ2v) is 5.57. The fourth-order valence-electron chi connectivity index (χ4n) is 1.97. The van der Waals surface area contributed by atoms with Crippen LogP contribution in [0.2, 0.25) is 0 Å². The van der Waals surface area contributed by atoms with Crippen LogP contribution in [-0.2, 0) is 0 Å². The van der Waals surface area contributed by atoms with Gasteiger partial charge in [0.25, 0.3) is 0 Å². The van der Waals surface area contributed by atoms with Crippen LogP contribution in [0.1, 0.15) is 39.5 Å². The highest BCUT2D eigenvalue weighted by Gasteiger charge is 2.30. The second kappa shape index (κ2) is 6.36. The van der Waals surface area contributed by atoms with E-state index in [1.54, 1.807) is 0 Å². The van der Waals surface area contributed by atoms with Crippen molar-refractivity contribution in [1.29, 1.82) is 0 Å². The summed E-state index contributed by atoms with van der Waals surface area (Å²) in [5.74, 6) is 1.77. The van der Waals surface area contributed by atoms with Gasteiger partial charge in [0.2, 0.25) is 5.95 Å². The molecule has 0 unspecified atom stereocenters. The molecule has 2 rings (SSSR count). The van der Waals surface area contributed by atoms with Crippen LogP contribution in [0.15, 0.2) is 10.7 Å². The first kappa shape index (κ1) is 13.6. The Balaban J connectivity index is 2.17. The Morgan fingerprint density at radius 3 is 2.78 bits per heavy atom. The van der Waals surface area contributed by atoms with Crippen molar-refractivity contribution in [3.8, 4) is 0 Å². The average molecular weight is 313 g/mol. The van der Waals surface area contributed by atoms with Gasteiger partial charge in [0.15, 0.2) is 0 Å². The van der Waals surface area contributed by atoms with E-state index in [-0.39, 0.29) is 0 Å². The molecule has 1 aromatic heterocycles. The SMILES string of the molecule is CCCNc1ncc(Br)c(N(CCC)C2CC2)n1. The normalized spacial score (nSPS) is 14.6. The Labute approximate surface area is 117 Å². The first-order chi connectivity index (χ1) is 8.76. The number of hydrogen-bond donors (Lipinski definition) is 1. The van der Waals surface area contributed by atoms with Crippen molar-refractivity contribution in [2.45, 2.75) is 45.6 Å². The fourth-order valence-corrected chi connectivity index (χ4v) is 2.39. The van der Waals surface area contributed by atoms with Crippen LogP contribution in [0.4, 0.5) is 11.8 Å². The molecule has 0 spiro atoms. The summed E-state index contributed by atoms with van der Waals surface area (Å²) in [7, 11) is 0. The summed E-state index contributed by atoms with van der Waals surface area (Å²) in [6.07, 6.45) is 6.65. The van der Waals surface area contributed by atoms with Crippen LogP contribution in [0.5, 0.6) is 0 Å². The summed E-state index contributed by atoms with van der Waals surface area (Å²) in [4.78, 5) is 11.4. The maximum atomic E-state index is 4.65. The van der Waals surface area contributed by atoms with E-state index in [1.165, 1.54) is 12.8 Å². The molecule has 1 aliphatic carbocycles. The van der Waals surface area contributed by atoms with Gasteiger partial charge >= 0.3 is 0 Å². The minimum atomic E-state index is 0.676. The molecule has 0 bridgehead atoms. The predicted molar refractivity (Wildman–Crippen MR) is 79.2 cm³/mol. The summed E-state index contributed by atoms with van der Waals surface area (Å²) >= 11 is 3.57. The third-order valence-electron chi connectivity index (χ3n) is 2.98. The van der Waals surface area contributed by atoms with E-state index in [1.807, 2.05) is 6.20 Å². The first-order valence-corrected chi connectivity index (χ1v) is 7.58. The quantitative estimate of drug-likeness (QED) is 0.837. The monoisotopic (exact) mass is 312 g/mol. The van der Waals surface area contributed by atoms with Crippen molar-refractivity contribution < 1.29 is 0 Å². The molecule has 0 radical (unpaired) electrons. The summed E-state index contributed by atoms with van der Waals surface area (Å²) in [6.45, 7) is 6.33. The van der Waals surface area contributed by atoms with Gasteiger partial charge in [-0.05, 0) is 41.6 Å². The highest BCUT2D eigenvalue weighted by Crippen LogP contribution is 2.34. The van der Waals surface area contributed by atoms with Gasteiger partial charge in [-0.15, -0.1) is 0 Å². The zero-order valence-electron chi connectivity index (χ0n) is 11.1. The molecule has 1 fully saturated rings. The maximum Gasteiger partial charge on any atom is 0.224 e. The van der Waals surface area contributed by atoms with Gasteiger partial charge in [0, 0.05) is 25.3 Å². The molecule has 100 valence electrons. The molecular weight excluding hydrogens is 292 g/mol. The van der Waals surface area contributed by atoms with Crippen molar-refractivity contribution in [3.05, 3.63) is 10.7 Å². The highest BCUT2D eigenvalue weighted by atomic mass is 79.9. The minimum absolute atomic E-state index is 0.676. The molecule has 18 heavy (non-hydrogen) atoms. The lowest BCUT2D eigenvalue weighted by molar-refractivity contribution is 0.746. The minimum Gasteiger partial charge on any atom is -0.354 e.